The van der Waals surface area contributed by atoms with Crippen LogP contribution in [0.25, 0.3) is 11.1 Å². The second-order valence-electron chi connectivity index (χ2n) is 8.66. The number of aromatic nitrogens is 1. The number of benzene rings is 2. The number of hydrogen-bond donors (Lipinski definition) is 1. The Labute approximate surface area is 189 Å². The highest BCUT2D eigenvalue weighted by molar-refractivity contribution is 6.00. The Bertz CT molecular complexity index is 1080. The van der Waals surface area contributed by atoms with Crippen molar-refractivity contribution in [2.75, 3.05) is 6.54 Å². The molecule has 1 N–H and O–H groups in total. The van der Waals surface area contributed by atoms with Crippen LogP contribution in [0.3, 0.4) is 0 Å². The fourth-order valence-electron chi connectivity index (χ4n) is 4.61. The zero-order valence-electron chi connectivity index (χ0n) is 18.6. The highest BCUT2D eigenvalue weighted by atomic mass is 16.2. The number of pyridine rings is 1. The van der Waals surface area contributed by atoms with Crippen LogP contribution in [0.15, 0.2) is 79.1 Å². The molecular formula is C27H29N3O2. The van der Waals surface area contributed by atoms with E-state index in [1.54, 1.807) is 17.3 Å². The maximum absolute atomic E-state index is 13.7. The molecule has 2 heterocycles. The van der Waals surface area contributed by atoms with Gasteiger partial charge in [0.15, 0.2) is 0 Å². The Hall–Kier alpha value is -3.47. The molecule has 1 aliphatic heterocycles. The van der Waals surface area contributed by atoms with Crippen molar-refractivity contribution in [2.24, 2.45) is 0 Å². The van der Waals surface area contributed by atoms with Gasteiger partial charge in [0, 0.05) is 37.0 Å². The summed E-state index contributed by atoms with van der Waals surface area (Å²) >= 11 is 0. The van der Waals surface area contributed by atoms with Crippen LogP contribution >= 0.6 is 0 Å². The Morgan fingerprint density at radius 1 is 1.00 bits per heavy atom. The molecule has 1 fully saturated rings. The molecule has 1 aliphatic rings. The Kier molecular flexibility index (Phi) is 6.35. The van der Waals surface area contributed by atoms with E-state index in [0.717, 1.165) is 23.1 Å². The van der Waals surface area contributed by atoms with E-state index in [1.807, 2.05) is 68.4 Å². The van der Waals surface area contributed by atoms with E-state index in [9.17, 15) is 9.59 Å². The molecule has 4 rings (SSSR count). The van der Waals surface area contributed by atoms with Gasteiger partial charge in [0.2, 0.25) is 5.91 Å². The first kappa shape index (κ1) is 21.8. The van der Waals surface area contributed by atoms with Gasteiger partial charge in [0.1, 0.15) is 5.54 Å². The van der Waals surface area contributed by atoms with Crippen LogP contribution in [0.1, 0.15) is 42.6 Å². The fraction of sp³-hybridized carbons (Fsp3) is 0.296. The zero-order valence-corrected chi connectivity index (χ0v) is 18.6. The molecular weight excluding hydrogens is 398 g/mol. The van der Waals surface area contributed by atoms with Gasteiger partial charge in [-0.2, -0.15) is 0 Å². The smallest absolute Gasteiger partial charge is 0.254 e. The van der Waals surface area contributed by atoms with Gasteiger partial charge in [-0.1, -0.05) is 42.5 Å². The number of nitrogens with one attached hydrogen (secondary N) is 1. The summed E-state index contributed by atoms with van der Waals surface area (Å²) in [5.74, 6) is -0.179. The molecule has 2 amide bonds. The summed E-state index contributed by atoms with van der Waals surface area (Å²) in [4.78, 5) is 33.1. The van der Waals surface area contributed by atoms with Crippen molar-refractivity contribution >= 4 is 11.8 Å². The summed E-state index contributed by atoms with van der Waals surface area (Å²) in [7, 11) is 0. The van der Waals surface area contributed by atoms with Crippen molar-refractivity contribution in [1.29, 1.82) is 0 Å². The lowest BCUT2D eigenvalue weighted by Crippen LogP contribution is -2.59. The van der Waals surface area contributed by atoms with E-state index in [2.05, 4.69) is 22.4 Å². The van der Waals surface area contributed by atoms with Gasteiger partial charge in [-0.3, -0.25) is 14.6 Å². The summed E-state index contributed by atoms with van der Waals surface area (Å²) in [5.41, 5.74) is 2.84. The number of likely N-dealkylation sites (tertiary alicyclic amines) is 1. The molecule has 5 heteroatoms. The number of nitrogens with zero attached hydrogens (tertiary/aromatic N) is 2. The van der Waals surface area contributed by atoms with Gasteiger partial charge in [0.25, 0.3) is 5.91 Å². The summed E-state index contributed by atoms with van der Waals surface area (Å²) in [6.45, 7) is 4.47. The maximum atomic E-state index is 13.7. The molecule has 1 saturated heterocycles. The van der Waals surface area contributed by atoms with Crippen molar-refractivity contribution in [3.63, 3.8) is 0 Å². The minimum absolute atomic E-state index is 0.0101. The van der Waals surface area contributed by atoms with E-state index < -0.39 is 5.54 Å². The van der Waals surface area contributed by atoms with Gasteiger partial charge in [-0.05, 0) is 67.6 Å². The zero-order chi connectivity index (χ0) is 22.6. The van der Waals surface area contributed by atoms with Gasteiger partial charge in [0.05, 0.1) is 0 Å². The molecule has 3 aromatic rings. The molecule has 1 atom stereocenters. The number of amides is 2. The molecule has 0 aliphatic carbocycles. The van der Waals surface area contributed by atoms with Crippen LogP contribution in [0.4, 0.5) is 0 Å². The highest BCUT2D eigenvalue weighted by Crippen LogP contribution is 2.37. The van der Waals surface area contributed by atoms with Crippen LogP contribution in [0, 0.1) is 0 Å². The minimum atomic E-state index is -0.930. The van der Waals surface area contributed by atoms with Crippen molar-refractivity contribution in [2.45, 2.75) is 44.7 Å². The van der Waals surface area contributed by atoms with E-state index in [-0.39, 0.29) is 17.9 Å². The molecule has 5 nitrogen and oxygen atoms in total. The lowest BCUT2D eigenvalue weighted by Gasteiger charge is -2.38. The van der Waals surface area contributed by atoms with E-state index in [0.29, 0.717) is 24.9 Å². The number of hydrogen-bond acceptors (Lipinski definition) is 3. The van der Waals surface area contributed by atoms with Crippen LogP contribution in [0.2, 0.25) is 0 Å². The molecule has 1 unspecified atom stereocenters. The minimum Gasteiger partial charge on any atom is -0.352 e. The SMILES string of the molecule is CC(C)NC(=O)C1(Cc2ccccc2-c2ccncc2)CCCN1C(=O)c1ccccc1. The Balaban J connectivity index is 1.77. The first-order chi connectivity index (χ1) is 15.5. The highest BCUT2D eigenvalue weighted by Gasteiger charge is 2.50. The van der Waals surface area contributed by atoms with Crippen molar-refractivity contribution in [3.05, 3.63) is 90.3 Å². The van der Waals surface area contributed by atoms with Gasteiger partial charge >= 0.3 is 0 Å². The van der Waals surface area contributed by atoms with Crippen molar-refractivity contribution in [1.82, 2.24) is 15.2 Å². The van der Waals surface area contributed by atoms with E-state index in [4.69, 9.17) is 0 Å². The van der Waals surface area contributed by atoms with Crippen LogP contribution < -0.4 is 5.32 Å². The quantitative estimate of drug-likeness (QED) is 0.630. The maximum Gasteiger partial charge on any atom is 0.254 e. The number of carbonyl (C=O) groups is 2. The largest absolute Gasteiger partial charge is 0.352 e. The van der Waals surface area contributed by atoms with Gasteiger partial charge in [-0.25, -0.2) is 0 Å². The third-order valence-electron chi connectivity index (χ3n) is 6.09. The predicted molar refractivity (Wildman–Crippen MR) is 126 cm³/mol. The molecule has 32 heavy (non-hydrogen) atoms. The third kappa shape index (κ3) is 4.28. The molecule has 1 aromatic heterocycles. The van der Waals surface area contributed by atoms with Crippen molar-refractivity contribution in [3.8, 4) is 11.1 Å². The fourth-order valence-corrected chi connectivity index (χ4v) is 4.61. The van der Waals surface area contributed by atoms with Crippen molar-refractivity contribution < 1.29 is 9.59 Å². The number of carbonyl (C=O) groups excluding carboxylic acids is 2. The summed E-state index contributed by atoms with van der Waals surface area (Å²) in [6.07, 6.45) is 5.43. The summed E-state index contributed by atoms with van der Waals surface area (Å²) in [6, 6.07) is 21.3. The van der Waals surface area contributed by atoms with Crippen LogP contribution in [0.5, 0.6) is 0 Å². The molecule has 0 bridgehead atoms. The number of rotatable bonds is 6. The molecule has 0 saturated carbocycles. The predicted octanol–water partition coefficient (Wildman–Crippen LogP) is 4.49. The normalized spacial score (nSPS) is 18.0. The first-order valence-corrected chi connectivity index (χ1v) is 11.2. The lowest BCUT2D eigenvalue weighted by atomic mass is 9.83. The summed E-state index contributed by atoms with van der Waals surface area (Å²) in [5, 5.41) is 3.10. The lowest BCUT2D eigenvalue weighted by molar-refractivity contribution is -0.131. The van der Waals surface area contributed by atoms with E-state index in [1.165, 1.54) is 0 Å². The average molecular weight is 428 g/mol. The summed E-state index contributed by atoms with van der Waals surface area (Å²) < 4.78 is 0. The average Bonchev–Trinajstić information content (AvgIpc) is 3.24. The topological polar surface area (TPSA) is 62.3 Å². The van der Waals surface area contributed by atoms with E-state index >= 15 is 0 Å². The second-order valence-corrected chi connectivity index (χ2v) is 8.66. The Morgan fingerprint density at radius 3 is 2.41 bits per heavy atom. The molecule has 164 valence electrons. The Morgan fingerprint density at radius 2 is 1.69 bits per heavy atom. The van der Waals surface area contributed by atoms with Gasteiger partial charge in [-0.15, -0.1) is 0 Å². The second kappa shape index (κ2) is 9.35. The van der Waals surface area contributed by atoms with Crippen LogP contribution in [-0.2, 0) is 11.2 Å². The molecule has 2 aromatic carbocycles. The van der Waals surface area contributed by atoms with Crippen LogP contribution in [-0.4, -0.2) is 39.8 Å². The third-order valence-corrected chi connectivity index (χ3v) is 6.09. The standard InChI is InChI=1S/C27H29N3O2/c1-20(2)29-26(32)27(15-8-18-30(27)25(31)22-9-4-3-5-10-22)19-23-11-6-7-12-24(23)21-13-16-28-17-14-21/h3-7,9-14,16-17,20H,8,15,18-19H2,1-2H3,(H,29,32). The first-order valence-electron chi connectivity index (χ1n) is 11.2. The molecule has 0 spiro atoms. The monoisotopic (exact) mass is 427 g/mol. The van der Waals surface area contributed by atoms with Gasteiger partial charge < -0.3 is 10.2 Å². The molecule has 0 radical (unpaired) electrons.